The maximum absolute atomic E-state index is 5.72. The zero-order valence-corrected chi connectivity index (χ0v) is 8.29. The molecular formula is C11H18N2. The molecule has 0 atom stereocenters. The van der Waals surface area contributed by atoms with Crippen molar-refractivity contribution in [2.45, 2.75) is 39.0 Å². The monoisotopic (exact) mass is 178 g/mol. The number of nitrogens with two attached hydrogens (primary N) is 1. The van der Waals surface area contributed by atoms with Crippen LogP contribution in [0.2, 0.25) is 0 Å². The van der Waals surface area contributed by atoms with Crippen molar-refractivity contribution in [3.05, 3.63) is 23.9 Å². The molecule has 2 nitrogen and oxygen atoms in total. The van der Waals surface area contributed by atoms with E-state index in [1.165, 1.54) is 31.2 Å². The van der Waals surface area contributed by atoms with Gasteiger partial charge in [0.25, 0.3) is 0 Å². The molecule has 2 N–H and O–H groups in total. The average Bonchev–Trinajstić information content (AvgIpc) is 2.15. The summed E-state index contributed by atoms with van der Waals surface area (Å²) in [6.07, 6.45) is 7.93. The van der Waals surface area contributed by atoms with Crippen LogP contribution in [0.15, 0.2) is 18.3 Å². The van der Waals surface area contributed by atoms with E-state index in [4.69, 9.17) is 5.73 Å². The van der Waals surface area contributed by atoms with Crippen LogP contribution >= 0.6 is 0 Å². The fraction of sp³-hybridized carbons (Fsp3) is 0.545. The van der Waals surface area contributed by atoms with Crippen molar-refractivity contribution in [1.29, 1.82) is 0 Å². The largest absolute Gasteiger partial charge is 0.383 e. The van der Waals surface area contributed by atoms with Crippen LogP contribution in [0.3, 0.4) is 0 Å². The predicted molar refractivity (Wildman–Crippen MR) is 56.5 cm³/mol. The van der Waals surface area contributed by atoms with Gasteiger partial charge in [-0.2, -0.15) is 0 Å². The number of aryl methyl sites for hydroxylation is 1. The van der Waals surface area contributed by atoms with E-state index in [9.17, 15) is 0 Å². The second kappa shape index (κ2) is 5.57. The molecule has 0 bridgehead atoms. The van der Waals surface area contributed by atoms with Gasteiger partial charge >= 0.3 is 0 Å². The third-order valence-corrected chi connectivity index (χ3v) is 2.23. The SMILES string of the molecule is CCCCCCc1cccnc1N. The van der Waals surface area contributed by atoms with Gasteiger partial charge < -0.3 is 5.73 Å². The Morgan fingerprint density at radius 2 is 2.15 bits per heavy atom. The quantitative estimate of drug-likeness (QED) is 0.704. The van der Waals surface area contributed by atoms with E-state index < -0.39 is 0 Å². The molecule has 0 aromatic carbocycles. The van der Waals surface area contributed by atoms with Crippen molar-refractivity contribution in [1.82, 2.24) is 4.98 Å². The zero-order valence-electron chi connectivity index (χ0n) is 8.29. The average molecular weight is 178 g/mol. The van der Waals surface area contributed by atoms with E-state index in [-0.39, 0.29) is 0 Å². The van der Waals surface area contributed by atoms with Gasteiger partial charge in [-0.15, -0.1) is 0 Å². The van der Waals surface area contributed by atoms with Gasteiger partial charge in [0, 0.05) is 6.20 Å². The highest BCUT2D eigenvalue weighted by Crippen LogP contribution is 2.11. The van der Waals surface area contributed by atoms with Crippen LogP contribution in [0.25, 0.3) is 0 Å². The highest BCUT2D eigenvalue weighted by Gasteiger charge is 1.97. The Bertz CT molecular complexity index is 246. The second-order valence-electron chi connectivity index (χ2n) is 3.36. The first-order valence-electron chi connectivity index (χ1n) is 5.04. The third kappa shape index (κ3) is 3.45. The van der Waals surface area contributed by atoms with Crippen molar-refractivity contribution >= 4 is 5.82 Å². The molecule has 0 saturated heterocycles. The Labute approximate surface area is 80.2 Å². The summed E-state index contributed by atoms with van der Waals surface area (Å²) in [5.74, 6) is 0.694. The van der Waals surface area contributed by atoms with Crippen molar-refractivity contribution in [2.75, 3.05) is 5.73 Å². The molecule has 1 aromatic heterocycles. The van der Waals surface area contributed by atoms with Gasteiger partial charge in [0.2, 0.25) is 0 Å². The lowest BCUT2D eigenvalue weighted by atomic mass is 10.1. The molecular weight excluding hydrogens is 160 g/mol. The second-order valence-corrected chi connectivity index (χ2v) is 3.36. The highest BCUT2D eigenvalue weighted by molar-refractivity contribution is 5.38. The third-order valence-electron chi connectivity index (χ3n) is 2.23. The Hall–Kier alpha value is -1.05. The van der Waals surface area contributed by atoms with E-state index in [0.29, 0.717) is 5.82 Å². The molecule has 0 aliphatic rings. The number of aromatic nitrogens is 1. The fourth-order valence-electron chi connectivity index (χ4n) is 1.40. The first kappa shape index (κ1) is 10.0. The van der Waals surface area contributed by atoms with Crippen LogP contribution < -0.4 is 5.73 Å². The van der Waals surface area contributed by atoms with Gasteiger partial charge in [-0.25, -0.2) is 4.98 Å². The molecule has 0 aliphatic carbocycles. The number of nitrogen functional groups attached to an aromatic ring is 1. The fourth-order valence-corrected chi connectivity index (χ4v) is 1.40. The summed E-state index contributed by atoms with van der Waals surface area (Å²) in [5, 5.41) is 0. The van der Waals surface area contributed by atoms with E-state index in [0.717, 1.165) is 6.42 Å². The summed E-state index contributed by atoms with van der Waals surface area (Å²) >= 11 is 0. The van der Waals surface area contributed by atoms with Crippen LogP contribution in [0.1, 0.15) is 38.2 Å². The molecule has 1 rings (SSSR count). The van der Waals surface area contributed by atoms with E-state index >= 15 is 0 Å². The molecule has 0 fully saturated rings. The molecule has 0 radical (unpaired) electrons. The Morgan fingerprint density at radius 1 is 1.31 bits per heavy atom. The molecule has 1 aromatic rings. The summed E-state index contributed by atoms with van der Waals surface area (Å²) < 4.78 is 0. The standard InChI is InChI=1S/C11H18N2/c1-2-3-4-5-7-10-8-6-9-13-11(10)12/h6,8-9H,2-5,7H2,1H3,(H2,12,13). The van der Waals surface area contributed by atoms with E-state index in [1.807, 2.05) is 6.07 Å². The number of nitrogens with zero attached hydrogens (tertiary/aromatic N) is 1. The summed E-state index contributed by atoms with van der Waals surface area (Å²) in [6.45, 7) is 2.22. The van der Waals surface area contributed by atoms with Crippen molar-refractivity contribution in [3.63, 3.8) is 0 Å². The smallest absolute Gasteiger partial charge is 0.126 e. The Morgan fingerprint density at radius 3 is 2.85 bits per heavy atom. The maximum atomic E-state index is 5.72. The maximum Gasteiger partial charge on any atom is 0.126 e. The van der Waals surface area contributed by atoms with Gasteiger partial charge in [0.1, 0.15) is 5.82 Å². The topological polar surface area (TPSA) is 38.9 Å². The first-order chi connectivity index (χ1) is 6.34. The van der Waals surface area contributed by atoms with Gasteiger partial charge in [0.05, 0.1) is 0 Å². The van der Waals surface area contributed by atoms with Crippen LogP contribution in [0, 0.1) is 0 Å². The molecule has 1 heterocycles. The Balaban J connectivity index is 2.32. The molecule has 0 aliphatic heterocycles. The molecule has 72 valence electrons. The molecule has 13 heavy (non-hydrogen) atoms. The minimum atomic E-state index is 0.694. The van der Waals surface area contributed by atoms with Gasteiger partial charge in [0.15, 0.2) is 0 Å². The highest BCUT2D eigenvalue weighted by atomic mass is 14.8. The number of anilines is 1. The van der Waals surface area contributed by atoms with Gasteiger partial charge in [-0.3, -0.25) is 0 Å². The van der Waals surface area contributed by atoms with Gasteiger partial charge in [-0.1, -0.05) is 32.3 Å². The molecule has 0 saturated carbocycles. The van der Waals surface area contributed by atoms with Gasteiger partial charge in [-0.05, 0) is 24.5 Å². The summed E-state index contributed by atoms with van der Waals surface area (Å²) in [4.78, 5) is 4.06. The molecule has 0 unspecified atom stereocenters. The minimum Gasteiger partial charge on any atom is -0.383 e. The summed E-state index contributed by atoms with van der Waals surface area (Å²) in [6, 6.07) is 4.01. The molecule has 2 heteroatoms. The lowest BCUT2D eigenvalue weighted by Gasteiger charge is -2.03. The Kier molecular flexibility index (Phi) is 4.30. The number of pyridine rings is 1. The summed E-state index contributed by atoms with van der Waals surface area (Å²) in [7, 11) is 0. The van der Waals surface area contributed by atoms with E-state index in [1.54, 1.807) is 6.20 Å². The molecule has 0 spiro atoms. The van der Waals surface area contributed by atoms with Crippen molar-refractivity contribution in [2.24, 2.45) is 0 Å². The van der Waals surface area contributed by atoms with Crippen LogP contribution in [0.4, 0.5) is 5.82 Å². The first-order valence-corrected chi connectivity index (χ1v) is 5.04. The van der Waals surface area contributed by atoms with E-state index in [2.05, 4.69) is 18.0 Å². The van der Waals surface area contributed by atoms with Crippen LogP contribution in [-0.4, -0.2) is 4.98 Å². The number of rotatable bonds is 5. The zero-order chi connectivity index (χ0) is 9.52. The normalized spacial score (nSPS) is 10.2. The van der Waals surface area contributed by atoms with Crippen LogP contribution in [-0.2, 0) is 6.42 Å². The summed E-state index contributed by atoms with van der Waals surface area (Å²) in [5.41, 5.74) is 6.92. The lowest BCUT2D eigenvalue weighted by molar-refractivity contribution is 0.667. The van der Waals surface area contributed by atoms with Crippen molar-refractivity contribution in [3.8, 4) is 0 Å². The number of unbranched alkanes of at least 4 members (excludes halogenated alkanes) is 3. The predicted octanol–water partition coefficient (Wildman–Crippen LogP) is 2.79. The molecule has 0 amide bonds. The van der Waals surface area contributed by atoms with Crippen molar-refractivity contribution < 1.29 is 0 Å². The van der Waals surface area contributed by atoms with Crippen LogP contribution in [0.5, 0.6) is 0 Å². The number of hydrogen-bond acceptors (Lipinski definition) is 2. The lowest BCUT2D eigenvalue weighted by Crippen LogP contribution is -1.96. The number of hydrogen-bond donors (Lipinski definition) is 1. The minimum absolute atomic E-state index is 0.694.